The minimum atomic E-state index is -0.563. The monoisotopic (exact) mass is 510 g/mol. The number of hydrogen-bond acceptors (Lipinski definition) is 6. The Bertz CT molecular complexity index is 1510. The van der Waals surface area contributed by atoms with Gasteiger partial charge in [-0.2, -0.15) is 5.10 Å². The minimum Gasteiger partial charge on any atom is -0.497 e. The lowest BCUT2D eigenvalue weighted by Crippen LogP contribution is -2.54. The van der Waals surface area contributed by atoms with Crippen LogP contribution >= 0.6 is 12.2 Å². The third-order valence-electron chi connectivity index (χ3n) is 5.84. The number of para-hydroxylation sites is 1. The number of rotatable bonds is 6. The predicted octanol–water partition coefficient (Wildman–Crippen LogP) is 4.81. The van der Waals surface area contributed by atoms with Crippen LogP contribution < -0.4 is 19.7 Å². The maximum atomic E-state index is 13.4. The van der Waals surface area contributed by atoms with Gasteiger partial charge >= 0.3 is 0 Å². The van der Waals surface area contributed by atoms with E-state index in [4.69, 9.17) is 21.7 Å². The van der Waals surface area contributed by atoms with Gasteiger partial charge in [0.05, 0.1) is 24.7 Å². The molecule has 8 nitrogen and oxygen atoms in total. The highest BCUT2D eigenvalue weighted by Crippen LogP contribution is 2.27. The molecule has 0 bridgehead atoms. The maximum absolute atomic E-state index is 13.4. The topological polar surface area (TPSA) is 85.7 Å². The van der Waals surface area contributed by atoms with Gasteiger partial charge in [-0.05, 0) is 85.9 Å². The van der Waals surface area contributed by atoms with E-state index in [9.17, 15) is 9.59 Å². The van der Waals surface area contributed by atoms with E-state index in [1.54, 1.807) is 42.3 Å². The normalized spacial score (nSPS) is 14.6. The molecule has 4 aromatic rings. The molecule has 1 aliphatic rings. The first-order valence-electron chi connectivity index (χ1n) is 11.4. The second-order valence-corrected chi connectivity index (χ2v) is 8.55. The van der Waals surface area contributed by atoms with Gasteiger partial charge in [0.1, 0.15) is 22.8 Å². The number of carbonyl (C=O) groups is 2. The van der Waals surface area contributed by atoms with E-state index in [-0.39, 0.29) is 10.7 Å². The number of nitrogens with one attached hydrogen (secondary N) is 1. The van der Waals surface area contributed by atoms with Crippen molar-refractivity contribution >= 4 is 40.9 Å². The molecule has 0 unspecified atom stereocenters. The van der Waals surface area contributed by atoms with Gasteiger partial charge in [-0.3, -0.25) is 19.8 Å². The molecule has 37 heavy (non-hydrogen) atoms. The van der Waals surface area contributed by atoms with Crippen molar-refractivity contribution in [2.45, 2.75) is 6.92 Å². The zero-order valence-electron chi connectivity index (χ0n) is 20.0. The van der Waals surface area contributed by atoms with Crippen LogP contribution in [-0.4, -0.2) is 33.8 Å². The summed E-state index contributed by atoms with van der Waals surface area (Å²) in [4.78, 5) is 27.4. The molecule has 2 amide bonds. The molecule has 0 atom stereocenters. The summed E-state index contributed by atoms with van der Waals surface area (Å²) in [5.74, 6) is 0.944. The summed E-state index contributed by atoms with van der Waals surface area (Å²) in [5, 5.41) is 7.05. The number of amides is 2. The maximum Gasteiger partial charge on any atom is 0.270 e. The highest BCUT2D eigenvalue weighted by molar-refractivity contribution is 7.80. The Balaban J connectivity index is 1.41. The van der Waals surface area contributed by atoms with Crippen LogP contribution in [0, 0.1) is 6.92 Å². The Morgan fingerprint density at radius 2 is 1.49 bits per heavy atom. The van der Waals surface area contributed by atoms with Crippen molar-refractivity contribution in [3.8, 4) is 22.9 Å². The van der Waals surface area contributed by atoms with Gasteiger partial charge in [0.15, 0.2) is 5.11 Å². The molecule has 5 rings (SSSR count). The van der Waals surface area contributed by atoms with Crippen molar-refractivity contribution in [3.63, 3.8) is 0 Å². The van der Waals surface area contributed by atoms with Crippen LogP contribution in [0.3, 0.4) is 0 Å². The molecule has 2 heterocycles. The molecule has 1 aliphatic heterocycles. The van der Waals surface area contributed by atoms with E-state index in [2.05, 4.69) is 10.4 Å². The van der Waals surface area contributed by atoms with E-state index in [0.717, 1.165) is 17.1 Å². The molecule has 1 aromatic heterocycles. The van der Waals surface area contributed by atoms with Crippen molar-refractivity contribution in [2.24, 2.45) is 0 Å². The van der Waals surface area contributed by atoms with E-state index >= 15 is 0 Å². The number of thiocarbonyl (C=S) groups is 1. The van der Waals surface area contributed by atoms with Gasteiger partial charge in [-0.1, -0.05) is 18.2 Å². The van der Waals surface area contributed by atoms with Gasteiger partial charge in [0.25, 0.3) is 11.8 Å². The Morgan fingerprint density at radius 1 is 0.865 bits per heavy atom. The quantitative estimate of drug-likeness (QED) is 0.228. The van der Waals surface area contributed by atoms with Gasteiger partial charge in [0, 0.05) is 11.3 Å². The van der Waals surface area contributed by atoms with E-state index in [0.29, 0.717) is 22.7 Å². The van der Waals surface area contributed by atoms with Crippen LogP contribution in [0.15, 0.2) is 90.6 Å². The summed E-state index contributed by atoms with van der Waals surface area (Å²) < 4.78 is 12.8. The molecule has 3 aromatic carbocycles. The van der Waals surface area contributed by atoms with Crippen LogP contribution in [0.2, 0.25) is 0 Å². The van der Waals surface area contributed by atoms with Crippen LogP contribution in [0.1, 0.15) is 11.3 Å². The zero-order valence-corrected chi connectivity index (χ0v) is 20.9. The lowest BCUT2D eigenvalue weighted by atomic mass is 10.1. The molecule has 1 N–H and O–H groups in total. The first-order valence-corrected chi connectivity index (χ1v) is 11.8. The number of carbonyl (C=O) groups excluding carboxylic acids is 2. The van der Waals surface area contributed by atoms with Gasteiger partial charge in [-0.15, -0.1) is 0 Å². The van der Waals surface area contributed by atoms with Gasteiger partial charge < -0.3 is 9.47 Å². The van der Waals surface area contributed by atoms with Crippen LogP contribution in [-0.2, 0) is 9.59 Å². The molecule has 0 radical (unpaired) electrons. The summed E-state index contributed by atoms with van der Waals surface area (Å²) in [5.41, 5.74) is 2.68. The number of hydrogen-bond donors (Lipinski definition) is 1. The largest absolute Gasteiger partial charge is 0.497 e. The highest BCUT2D eigenvalue weighted by atomic mass is 32.1. The van der Waals surface area contributed by atoms with Crippen molar-refractivity contribution in [3.05, 3.63) is 102 Å². The second-order valence-electron chi connectivity index (χ2n) is 8.16. The van der Waals surface area contributed by atoms with Crippen molar-refractivity contribution < 1.29 is 19.1 Å². The van der Waals surface area contributed by atoms with Crippen LogP contribution in [0.25, 0.3) is 11.8 Å². The van der Waals surface area contributed by atoms with Gasteiger partial charge in [0.2, 0.25) is 0 Å². The molecule has 184 valence electrons. The van der Waals surface area contributed by atoms with Crippen LogP contribution in [0.4, 0.5) is 5.69 Å². The molecule has 0 saturated carbocycles. The Labute approximate surface area is 218 Å². The molecule has 9 heteroatoms. The number of ether oxygens (including phenoxy) is 2. The first kappa shape index (κ1) is 24.0. The number of nitrogens with zero attached hydrogens (tertiary/aromatic N) is 3. The molecule has 0 spiro atoms. The molecule has 0 aliphatic carbocycles. The summed E-state index contributed by atoms with van der Waals surface area (Å²) in [6.07, 6.45) is 3.14. The fourth-order valence-electron chi connectivity index (χ4n) is 3.88. The lowest BCUT2D eigenvalue weighted by Gasteiger charge is -2.29. The SMILES string of the molecule is COc1ccc(-n2ncc(C=C3C(=O)NC(=S)N(c4ccc(Oc5ccccc5)cc4)C3=O)c2C)cc1. The predicted molar refractivity (Wildman–Crippen MR) is 144 cm³/mol. The Kier molecular flexibility index (Phi) is 6.53. The Morgan fingerprint density at radius 3 is 2.16 bits per heavy atom. The molecular weight excluding hydrogens is 488 g/mol. The molecular formula is C28H22N4O4S. The van der Waals surface area contributed by atoms with Crippen molar-refractivity contribution in [1.29, 1.82) is 0 Å². The number of benzene rings is 3. The zero-order chi connectivity index (χ0) is 25.9. The van der Waals surface area contributed by atoms with Crippen molar-refractivity contribution in [2.75, 3.05) is 12.0 Å². The van der Waals surface area contributed by atoms with E-state index in [1.807, 2.05) is 61.5 Å². The number of anilines is 1. The minimum absolute atomic E-state index is 0.00882. The summed E-state index contributed by atoms with van der Waals surface area (Å²) in [6, 6.07) is 23.7. The number of methoxy groups -OCH3 is 1. The number of aromatic nitrogens is 2. The fourth-order valence-corrected chi connectivity index (χ4v) is 4.16. The first-order chi connectivity index (χ1) is 17.9. The summed E-state index contributed by atoms with van der Waals surface area (Å²) in [7, 11) is 1.60. The molecule has 1 fully saturated rings. The molecule has 1 saturated heterocycles. The highest BCUT2D eigenvalue weighted by Gasteiger charge is 2.34. The fraction of sp³-hybridized carbons (Fsp3) is 0.0714. The summed E-state index contributed by atoms with van der Waals surface area (Å²) >= 11 is 5.32. The van der Waals surface area contributed by atoms with Gasteiger partial charge in [-0.25, -0.2) is 4.68 Å². The second kappa shape index (κ2) is 10.1. The third-order valence-corrected chi connectivity index (χ3v) is 6.12. The van der Waals surface area contributed by atoms with E-state index < -0.39 is 11.8 Å². The average Bonchev–Trinajstić information content (AvgIpc) is 3.27. The average molecular weight is 511 g/mol. The smallest absolute Gasteiger partial charge is 0.270 e. The lowest BCUT2D eigenvalue weighted by molar-refractivity contribution is -0.122. The summed E-state index contributed by atoms with van der Waals surface area (Å²) in [6.45, 7) is 1.86. The van der Waals surface area contributed by atoms with Crippen molar-refractivity contribution in [1.82, 2.24) is 15.1 Å². The van der Waals surface area contributed by atoms with E-state index in [1.165, 1.54) is 11.0 Å². The Hall–Kier alpha value is -4.76. The third kappa shape index (κ3) is 4.85. The van der Waals surface area contributed by atoms with Crippen LogP contribution in [0.5, 0.6) is 17.2 Å². The standard InChI is InChI=1S/C28H22N4O4S/c1-18-19(17-29-32(18)21-10-12-22(35-2)13-11-21)16-25-26(33)30-28(37)31(27(25)34)20-8-14-24(15-9-20)36-23-6-4-3-5-7-23/h3-17H,1-2H3,(H,30,33,37).